The first kappa shape index (κ1) is 17.4. The molecular weight excluding hydrogens is 334 g/mol. The summed E-state index contributed by atoms with van der Waals surface area (Å²) in [5.74, 6) is 0.459. The highest BCUT2D eigenvalue weighted by Crippen LogP contribution is 2.16. The largest absolute Gasteiger partial charge is 0.485 e. The van der Waals surface area contributed by atoms with E-state index < -0.39 is 5.97 Å². The van der Waals surface area contributed by atoms with Gasteiger partial charge in [0.15, 0.2) is 6.61 Å². The lowest BCUT2D eigenvalue weighted by molar-refractivity contribution is -0.136. The number of anilines is 1. The minimum Gasteiger partial charge on any atom is -0.485 e. The Morgan fingerprint density at radius 2 is 1.81 bits per heavy atom. The molecule has 3 aromatic rings. The zero-order valence-corrected chi connectivity index (χ0v) is 14.1. The van der Waals surface area contributed by atoms with Crippen LogP contribution < -0.4 is 10.1 Å². The van der Waals surface area contributed by atoms with Crippen molar-refractivity contribution in [3.05, 3.63) is 65.5 Å². The minimum atomic E-state index is -0.781. The van der Waals surface area contributed by atoms with E-state index in [0.717, 1.165) is 22.6 Å². The Bertz CT molecular complexity index is 817. The van der Waals surface area contributed by atoms with Crippen LogP contribution in [0.5, 0.6) is 5.75 Å². The van der Waals surface area contributed by atoms with Crippen molar-refractivity contribution in [1.29, 1.82) is 0 Å². The molecule has 1 aromatic heterocycles. The van der Waals surface area contributed by atoms with Crippen molar-refractivity contribution in [1.82, 2.24) is 20.6 Å². The van der Waals surface area contributed by atoms with E-state index in [1.807, 2.05) is 48.5 Å². The van der Waals surface area contributed by atoms with Crippen LogP contribution in [0.4, 0.5) is 5.69 Å². The number of H-pyrrole nitrogens is 1. The lowest BCUT2D eigenvalue weighted by atomic mass is 10.1. The molecule has 0 aliphatic heterocycles. The molecule has 0 unspecified atom stereocenters. The molecule has 0 aliphatic rings. The first-order valence-corrected chi connectivity index (χ1v) is 8.18. The number of benzene rings is 2. The summed E-state index contributed by atoms with van der Waals surface area (Å²) >= 11 is 0. The molecule has 0 atom stereocenters. The molecule has 8 heteroatoms. The second-order valence-electron chi connectivity index (χ2n) is 5.70. The molecule has 0 saturated heterocycles. The quantitative estimate of drug-likeness (QED) is 0.541. The van der Waals surface area contributed by atoms with Gasteiger partial charge in [0.05, 0.1) is 0 Å². The van der Waals surface area contributed by atoms with Gasteiger partial charge in [0, 0.05) is 18.7 Å². The van der Waals surface area contributed by atoms with Gasteiger partial charge in [-0.1, -0.05) is 29.5 Å². The molecule has 0 aliphatic carbocycles. The number of aliphatic carboxylic acids is 1. The van der Waals surface area contributed by atoms with Crippen molar-refractivity contribution in [2.24, 2.45) is 0 Å². The smallest absolute Gasteiger partial charge is 0.303 e. The number of carbonyl (C=O) groups is 1. The second-order valence-corrected chi connectivity index (χ2v) is 5.70. The minimum absolute atomic E-state index is 0.147. The third-order valence-corrected chi connectivity index (χ3v) is 3.76. The van der Waals surface area contributed by atoms with Crippen LogP contribution in [0.25, 0.3) is 0 Å². The number of nitrogens with zero attached hydrogens (tertiary/aromatic N) is 3. The number of carboxylic acid groups (broad SMARTS) is 1. The Balaban J connectivity index is 1.46. The highest BCUT2D eigenvalue weighted by Gasteiger charge is 2.02. The maximum atomic E-state index is 10.6. The van der Waals surface area contributed by atoms with Gasteiger partial charge in [-0.15, -0.1) is 10.2 Å². The monoisotopic (exact) mass is 353 g/mol. The summed E-state index contributed by atoms with van der Waals surface area (Å²) in [7, 11) is 0. The maximum Gasteiger partial charge on any atom is 0.303 e. The van der Waals surface area contributed by atoms with Crippen molar-refractivity contribution in [2.45, 2.75) is 26.0 Å². The number of rotatable bonds is 9. The lowest BCUT2D eigenvalue weighted by Crippen LogP contribution is -2.01. The number of ether oxygens (including phenoxy) is 1. The molecule has 0 amide bonds. The summed E-state index contributed by atoms with van der Waals surface area (Å²) in [6.45, 7) is 0.946. The van der Waals surface area contributed by atoms with Gasteiger partial charge in [0.1, 0.15) is 5.75 Å². The predicted octanol–water partition coefficient (Wildman–Crippen LogP) is 2.41. The molecule has 0 spiro atoms. The molecule has 26 heavy (non-hydrogen) atoms. The normalized spacial score (nSPS) is 10.5. The summed E-state index contributed by atoms with van der Waals surface area (Å²) in [5, 5.41) is 25.6. The van der Waals surface area contributed by atoms with Gasteiger partial charge in [-0.3, -0.25) is 4.79 Å². The molecule has 134 valence electrons. The van der Waals surface area contributed by atoms with Gasteiger partial charge in [-0.2, -0.15) is 5.21 Å². The van der Waals surface area contributed by atoms with Crippen LogP contribution in [0.15, 0.2) is 48.5 Å². The van der Waals surface area contributed by atoms with Crippen LogP contribution in [-0.2, 0) is 24.4 Å². The fourth-order valence-electron chi connectivity index (χ4n) is 2.34. The highest BCUT2D eigenvalue weighted by molar-refractivity contribution is 5.67. The molecule has 1 heterocycles. The lowest BCUT2D eigenvalue weighted by Gasteiger charge is -2.09. The van der Waals surface area contributed by atoms with E-state index in [2.05, 4.69) is 25.9 Å². The van der Waals surface area contributed by atoms with Crippen molar-refractivity contribution >= 4 is 11.7 Å². The van der Waals surface area contributed by atoms with Crippen molar-refractivity contribution in [3.8, 4) is 5.75 Å². The molecule has 0 radical (unpaired) electrons. The fourth-order valence-corrected chi connectivity index (χ4v) is 2.34. The predicted molar refractivity (Wildman–Crippen MR) is 94.7 cm³/mol. The van der Waals surface area contributed by atoms with E-state index in [9.17, 15) is 4.79 Å². The van der Waals surface area contributed by atoms with Gasteiger partial charge in [0.25, 0.3) is 0 Å². The average molecular weight is 353 g/mol. The number of aromatic nitrogens is 4. The van der Waals surface area contributed by atoms with Gasteiger partial charge >= 0.3 is 5.97 Å². The Hall–Kier alpha value is -3.42. The van der Waals surface area contributed by atoms with Crippen LogP contribution in [0.3, 0.4) is 0 Å². The first-order chi connectivity index (χ1) is 12.7. The van der Waals surface area contributed by atoms with Gasteiger partial charge in [-0.25, -0.2) is 0 Å². The molecule has 0 bridgehead atoms. The topological polar surface area (TPSA) is 113 Å². The van der Waals surface area contributed by atoms with Gasteiger partial charge in [-0.05, 0) is 41.8 Å². The number of hydrogen-bond donors (Lipinski definition) is 3. The molecule has 0 fully saturated rings. The summed E-state index contributed by atoms with van der Waals surface area (Å²) in [5.41, 5.74) is 3.12. The average Bonchev–Trinajstić information content (AvgIpc) is 3.18. The second kappa shape index (κ2) is 8.61. The van der Waals surface area contributed by atoms with Gasteiger partial charge in [0.2, 0.25) is 5.82 Å². The highest BCUT2D eigenvalue weighted by atomic mass is 16.5. The van der Waals surface area contributed by atoms with E-state index in [0.29, 0.717) is 18.8 Å². The van der Waals surface area contributed by atoms with Crippen LogP contribution >= 0.6 is 0 Å². The van der Waals surface area contributed by atoms with E-state index in [4.69, 9.17) is 9.84 Å². The summed E-state index contributed by atoms with van der Waals surface area (Å²) < 4.78 is 5.57. The zero-order valence-electron chi connectivity index (χ0n) is 14.1. The van der Waals surface area contributed by atoms with E-state index in [1.54, 1.807) is 0 Å². The SMILES string of the molecule is O=C(O)CCc1ccc(NCc2ccc(OCc3nn[nH]n3)cc2)cc1. The summed E-state index contributed by atoms with van der Waals surface area (Å²) in [4.78, 5) is 10.6. The molecule has 3 rings (SSSR count). The Morgan fingerprint density at radius 1 is 1.08 bits per heavy atom. The number of hydrogen-bond acceptors (Lipinski definition) is 6. The van der Waals surface area contributed by atoms with Crippen LogP contribution in [0.2, 0.25) is 0 Å². The fraction of sp³-hybridized carbons (Fsp3) is 0.222. The number of carboxylic acids is 1. The first-order valence-electron chi connectivity index (χ1n) is 8.18. The Labute approximate surface area is 150 Å². The van der Waals surface area contributed by atoms with Crippen LogP contribution in [-0.4, -0.2) is 31.7 Å². The third-order valence-electron chi connectivity index (χ3n) is 3.76. The number of aryl methyl sites for hydroxylation is 1. The molecule has 3 N–H and O–H groups in total. The summed E-state index contributed by atoms with van der Waals surface area (Å²) in [6, 6.07) is 15.6. The van der Waals surface area contributed by atoms with Crippen LogP contribution in [0, 0.1) is 0 Å². The van der Waals surface area contributed by atoms with E-state index in [-0.39, 0.29) is 13.0 Å². The maximum absolute atomic E-state index is 10.6. The third kappa shape index (κ3) is 5.30. The van der Waals surface area contributed by atoms with Crippen molar-refractivity contribution in [2.75, 3.05) is 5.32 Å². The number of tetrazole rings is 1. The molecular formula is C18H19N5O3. The van der Waals surface area contributed by atoms with Crippen LogP contribution in [0.1, 0.15) is 23.4 Å². The molecule has 0 saturated carbocycles. The Morgan fingerprint density at radius 3 is 2.46 bits per heavy atom. The van der Waals surface area contributed by atoms with Crippen molar-refractivity contribution in [3.63, 3.8) is 0 Å². The Kier molecular flexibility index (Phi) is 5.76. The zero-order chi connectivity index (χ0) is 18.2. The molecule has 2 aromatic carbocycles. The summed E-state index contributed by atoms with van der Waals surface area (Å²) in [6.07, 6.45) is 0.689. The van der Waals surface area contributed by atoms with E-state index >= 15 is 0 Å². The van der Waals surface area contributed by atoms with E-state index in [1.165, 1.54) is 0 Å². The number of aromatic amines is 1. The van der Waals surface area contributed by atoms with Crippen molar-refractivity contribution < 1.29 is 14.6 Å². The standard InChI is InChI=1S/C18H19N5O3/c24-18(25)10-5-13-1-6-15(7-2-13)19-11-14-3-8-16(9-4-14)26-12-17-20-22-23-21-17/h1-4,6-9,19H,5,10-12H2,(H,24,25)(H,20,21,22,23). The number of nitrogens with one attached hydrogen (secondary N) is 2. The molecule has 8 nitrogen and oxygen atoms in total. The van der Waals surface area contributed by atoms with Gasteiger partial charge < -0.3 is 15.2 Å².